The predicted octanol–water partition coefficient (Wildman–Crippen LogP) is 4.34. The van der Waals surface area contributed by atoms with E-state index in [1.54, 1.807) is 12.3 Å². The third-order valence-corrected chi connectivity index (χ3v) is 5.69. The second kappa shape index (κ2) is 10.6. The number of carbonyl (C=O) groups excluding carboxylic acids is 2. The van der Waals surface area contributed by atoms with Gasteiger partial charge in [0.05, 0.1) is 17.2 Å². The highest BCUT2D eigenvalue weighted by Crippen LogP contribution is 2.30. The van der Waals surface area contributed by atoms with Gasteiger partial charge in [-0.25, -0.2) is 0 Å². The maximum Gasteiger partial charge on any atom is 0.416 e. The van der Waals surface area contributed by atoms with Crippen molar-refractivity contribution in [3.63, 3.8) is 0 Å². The SMILES string of the molecule is O=C(NCc1cccc(OCc2ccccn2)c1)C1CC(=O)N(Cc2cccc(C(F)(F)F)c2)C1. The fraction of sp³-hybridized carbons (Fsp3) is 0.269. The molecule has 0 radical (unpaired) electrons. The molecule has 4 rings (SSSR count). The molecule has 182 valence electrons. The minimum Gasteiger partial charge on any atom is -0.487 e. The molecule has 2 aromatic carbocycles. The summed E-state index contributed by atoms with van der Waals surface area (Å²) in [5.41, 5.74) is 1.24. The summed E-state index contributed by atoms with van der Waals surface area (Å²) in [6.07, 6.45) is -2.73. The number of ether oxygens (including phenoxy) is 1. The standard InChI is InChI=1S/C26H24F3N3O3/c27-26(28,29)21-7-3-6-19(11-21)15-32-16-20(13-24(32)33)25(34)31-14-18-5-4-9-23(12-18)35-17-22-8-1-2-10-30-22/h1-12,20H,13-17H2,(H,31,34). The molecular weight excluding hydrogens is 459 g/mol. The first-order valence-corrected chi connectivity index (χ1v) is 11.1. The summed E-state index contributed by atoms with van der Waals surface area (Å²) in [4.78, 5) is 30.7. The smallest absolute Gasteiger partial charge is 0.416 e. The van der Waals surface area contributed by atoms with E-state index in [1.165, 1.54) is 11.0 Å². The highest BCUT2D eigenvalue weighted by molar-refractivity contribution is 5.89. The van der Waals surface area contributed by atoms with Gasteiger partial charge in [0.15, 0.2) is 0 Å². The van der Waals surface area contributed by atoms with Gasteiger partial charge in [-0.15, -0.1) is 0 Å². The highest BCUT2D eigenvalue weighted by atomic mass is 19.4. The normalized spacial score (nSPS) is 15.8. The van der Waals surface area contributed by atoms with Crippen LogP contribution in [0.15, 0.2) is 72.9 Å². The van der Waals surface area contributed by atoms with Crippen molar-refractivity contribution in [3.05, 3.63) is 95.3 Å². The Morgan fingerprint density at radius 3 is 2.63 bits per heavy atom. The molecule has 1 atom stereocenters. The molecule has 1 fully saturated rings. The van der Waals surface area contributed by atoms with Crippen molar-refractivity contribution >= 4 is 11.8 Å². The van der Waals surface area contributed by atoms with E-state index in [1.807, 2.05) is 42.5 Å². The molecule has 6 nitrogen and oxygen atoms in total. The number of hydrogen-bond acceptors (Lipinski definition) is 4. The number of carbonyl (C=O) groups is 2. The van der Waals surface area contributed by atoms with Crippen LogP contribution in [0.4, 0.5) is 13.2 Å². The van der Waals surface area contributed by atoms with Crippen LogP contribution in [0.2, 0.25) is 0 Å². The number of amides is 2. The Bertz CT molecular complexity index is 1180. The van der Waals surface area contributed by atoms with Crippen molar-refractivity contribution in [3.8, 4) is 5.75 Å². The number of benzene rings is 2. The van der Waals surface area contributed by atoms with Gasteiger partial charge in [-0.3, -0.25) is 14.6 Å². The van der Waals surface area contributed by atoms with E-state index in [9.17, 15) is 22.8 Å². The van der Waals surface area contributed by atoms with Gasteiger partial charge in [0.25, 0.3) is 0 Å². The minimum absolute atomic E-state index is 0.0258. The van der Waals surface area contributed by atoms with E-state index in [0.717, 1.165) is 23.4 Å². The Hall–Kier alpha value is -3.88. The van der Waals surface area contributed by atoms with E-state index >= 15 is 0 Å². The topological polar surface area (TPSA) is 71.5 Å². The van der Waals surface area contributed by atoms with Crippen molar-refractivity contribution in [1.29, 1.82) is 0 Å². The Morgan fingerprint density at radius 2 is 1.86 bits per heavy atom. The molecule has 0 aliphatic carbocycles. The van der Waals surface area contributed by atoms with Gasteiger partial charge in [0.1, 0.15) is 12.4 Å². The molecule has 2 heterocycles. The average molecular weight is 483 g/mol. The maximum absolute atomic E-state index is 13.0. The Balaban J connectivity index is 1.29. The monoisotopic (exact) mass is 483 g/mol. The lowest BCUT2D eigenvalue weighted by Gasteiger charge is -2.18. The number of likely N-dealkylation sites (tertiary alicyclic amines) is 1. The van der Waals surface area contributed by atoms with Crippen LogP contribution in [0.25, 0.3) is 0 Å². The van der Waals surface area contributed by atoms with Crippen LogP contribution in [-0.2, 0) is 35.5 Å². The minimum atomic E-state index is -4.45. The van der Waals surface area contributed by atoms with Crippen molar-refractivity contribution < 1.29 is 27.5 Å². The number of alkyl halides is 3. The van der Waals surface area contributed by atoms with Crippen LogP contribution in [0.3, 0.4) is 0 Å². The van der Waals surface area contributed by atoms with Crippen LogP contribution in [0.5, 0.6) is 5.75 Å². The van der Waals surface area contributed by atoms with Crippen LogP contribution in [-0.4, -0.2) is 28.2 Å². The molecule has 3 aromatic rings. The largest absolute Gasteiger partial charge is 0.487 e. The van der Waals surface area contributed by atoms with Crippen molar-refractivity contribution in [1.82, 2.24) is 15.2 Å². The van der Waals surface area contributed by atoms with Gasteiger partial charge in [-0.1, -0.05) is 30.3 Å². The molecule has 0 bridgehead atoms. The van der Waals surface area contributed by atoms with E-state index in [-0.39, 0.29) is 37.9 Å². The first-order chi connectivity index (χ1) is 16.8. The second-order valence-electron chi connectivity index (χ2n) is 8.35. The van der Waals surface area contributed by atoms with Gasteiger partial charge in [-0.2, -0.15) is 13.2 Å². The Kier molecular flexibility index (Phi) is 7.33. The van der Waals surface area contributed by atoms with Gasteiger partial charge in [0, 0.05) is 32.3 Å². The highest BCUT2D eigenvalue weighted by Gasteiger charge is 2.35. The number of nitrogens with one attached hydrogen (secondary N) is 1. The summed E-state index contributed by atoms with van der Waals surface area (Å²) in [5, 5.41) is 2.84. The molecule has 35 heavy (non-hydrogen) atoms. The number of pyridine rings is 1. The first kappa shape index (κ1) is 24.3. The molecule has 1 unspecified atom stereocenters. The third kappa shape index (κ3) is 6.59. The van der Waals surface area contributed by atoms with Crippen LogP contribution < -0.4 is 10.1 Å². The third-order valence-electron chi connectivity index (χ3n) is 5.69. The molecule has 1 aliphatic heterocycles. The molecule has 2 amide bonds. The number of nitrogens with zero attached hydrogens (tertiary/aromatic N) is 2. The predicted molar refractivity (Wildman–Crippen MR) is 122 cm³/mol. The molecule has 1 aromatic heterocycles. The number of halogens is 3. The maximum atomic E-state index is 13.0. The summed E-state index contributed by atoms with van der Waals surface area (Å²) >= 11 is 0. The first-order valence-electron chi connectivity index (χ1n) is 11.1. The van der Waals surface area contributed by atoms with Crippen molar-refractivity contribution in [2.75, 3.05) is 6.54 Å². The zero-order valence-electron chi connectivity index (χ0n) is 18.8. The number of hydrogen-bond donors (Lipinski definition) is 1. The summed E-state index contributed by atoms with van der Waals surface area (Å²) < 4.78 is 44.6. The zero-order chi connectivity index (χ0) is 24.8. The molecule has 9 heteroatoms. The van der Waals surface area contributed by atoms with E-state index in [4.69, 9.17) is 4.74 Å². The number of rotatable bonds is 8. The van der Waals surface area contributed by atoms with Crippen molar-refractivity contribution in [2.45, 2.75) is 32.3 Å². The summed E-state index contributed by atoms with van der Waals surface area (Å²) in [5.74, 6) is -0.445. The zero-order valence-corrected chi connectivity index (χ0v) is 18.8. The van der Waals surface area contributed by atoms with E-state index < -0.39 is 17.7 Å². The molecule has 1 aliphatic rings. The van der Waals surface area contributed by atoms with Crippen LogP contribution in [0, 0.1) is 5.92 Å². The lowest BCUT2D eigenvalue weighted by atomic mass is 10.1. The lowest BCUT2D eigenvalue weighted by Crippen LogP contribution is -2.32. The van der Waals surface area contributed by atoms with Crippen LogP contribution in [0.1, 0.15) is 28.8 Å². The van der Waals surface area contributed by atoms with Gasteiger partial charge in [0.2, 0.25) is 11.8 Å². The summed E-state index contributed by atoms with van der Waals surface area (Å²) in [6, 6.07) is 17.8. The van der Waals surface area contributed by atoms with Gasteiger partial charge < -0.3 is 15.0 Å². The van der Waals surface area contributed by atoms with Gasteiger partial charge in [-0.05, 0) is 47.5 Å². The molecule has 0 spiro atoms. The van der Waals surface area contributed by atoms with Crippen LogP contribution >= 0.6 is 0 Å². The number of aromatic nitrogens is 1. The quantitative estimate of drug-likeness (QED) is 0.517. The molecule has 1 saturated heterocycles. The second-order valence-corrected chi connectivity index (χ2v) is 8.35. The molecular formula is C26H24F3N3O3. The lowest BCUT2D eigenvalue weighted by molar-refractivity contribution is -0.137. The van der Waals surface area contributed by atoms with Crippen molar-refractivity contribution in [2.24, 2.45) is 5.92 Å². The fourth-order valence-corrected chi connectivity index (χ4v) is 3.89. The Labute approximate surface area is 200 Å². The van der Waals surface area contributed by atoms with Gasteiger partial charge >= 0.3 is 6.18 Å². The van der Waals surface area contributed by atoms with E-state index in [0.29, 0.717) is 17.9 Å². The molecule has 0 saturated carbocycles. The Morgan fingerprint density at radius 1 is 1.06 bits per heavy atom. The summed E-state index contributed by atoms with van der Waals surface area (Å²) in [6.45, 7) is 0.775. The summed E-state index contributed by atoms with van der Waals surface area (Å²) in [7, 11) is 0. The van der Waals surface area contributed by atoms with E-state index in [2.05, 4.69) is 10.3 Å². The fourth-order valence-electron chi connectivity index (χ4n) is 3.89. The average Bonchev–Trinajstić information content (AvgIpc) is 3.22. The molecule has 1 N–H and O–H groups in total.